The Kier molecular flexibility index (Phi) is 4.64. The second kappa shape index (κ2) is 6.87. The Labute approximate surface area is 149 Å². The number of nitrogens with zero attached hydrogens (tertiary/aromatic N) is 3. The fourth-order valence-electron chi connectivity index (χ4n) is 3.06. The summed E-state index contributed by atoms with van der Waals surface area (Å²) in [5.41, 5.74) is 1.39. The van der Waals surface area contributed by atoms with Crippen LogP contribution in [0.2, 0.25) is 0 Å². The Bertz CT molecular complexity index is 645. The molecule has 2 fully saturated rings. The SMILES string of the molecule is Brc1ccc(CN2CCC(Nc3nc(C4CC4)ns3)CC2)cc1. The van der Waals surface area contributed by atoms with E-state index in [0.29, 0.717) is 12.0 Å². The second-order valence-electron chi connectivity index (χ2n) is 6.55. The van der Waals surface area contributed by atoms with Crippen LogP contribution in [0.3, 0.4) is 0 Å². The van der Waals surface area contributed by atoms with Gasteiger partial charge in [0, 0.05) is 47.6 Å². The van der Waals surface area contributed by atoms with E-state index in [1.165, 1.54) is 42.8 Å². The molecule has 0 radical (unpaired) electrons. The number of aromatic nitrogens is 2. The van der Waals surface area contributed by atoms with Crippen molar-refractivity contribution in [2.75, 3.05) is 18.4 Å². The van der Waals surface area contributed by atoms with Crippen molar-refractivity contribution < 1.29 is 0 Å². The van der Waals surface area contributed by atoms with E-state index in [1.807, 2.05) is 0 Å². The number of hydrogen-bond donors (Lipinski definition) is 1. The molecule has 122 valence electrons. The van der Waals surface area contributed by atoms with Gasteiger partial charge in [0.1, 0.15) is 5.82 Å². The maximum Gasteiger partial charge on any atom is 0.202 e. The van der Waals surface area contributed by atoms with Crippen LogP contribution in [-0.4, -0.2) is 33.4 Å². The minimum Gasteiger partial charge on any atom is -0.357 e. The summed E-state index contributed by atoms with van der Waals surface area (Å²) in [6.07, 6.45) is 4.89. The fraction of sp³-hybridized carbons (Fsp3) is 0.529. The Balaban J connectivity index is 1.26. The first-order valence-electron chi connectivity index (χ1n) is 8.33. The van der Waals surface area contributed by atoms with Crippen LogP contribution in [0.25, 0.3) is 0 Å². The average Bonchev–Trinajstić information content (AvgIpc) is 3.32. The lowest BCUT2D eigenvalue weighted by Crippen LogP contribution is -2.38. The van der Waals surface area contributed by atoms with Crippen LogP contribution in [0.15, 0.2) is 28.7 Å². The Morgan fingerprint density at radius 2 is 1.87 bits per heavy atom. The molecule has 2 aliphatic rings. The monoisotopic (exact) mass is 392 g/mol. The minimum absolute atomic E-state index is 0.538. The topological polar surface area (TPSA) is 41.0 Å². The van der Waals surface area contributed by atoms with E-state index in [1.54, 1.807) is 0 Å². The zero-order valence-electron chi connectivity index (χ0n) is 13.0. The molecule has 1 N–H and O–H groups in total. The lowest BCUT2D eigenvalue weighted by Gasteiger charge is -2.32. The molecule has 0 unspecified atom stereocenters. The van der Waals surface area contributed by atoms with Crippen molar-refractivity contribution in [2.24, 2.45) is 0 Å². The highest BCUT2D eigenvalue weighted by Gasteiger charge is 2.28. The second-order valence-corrected chi connectivity index (χ2v) is 8.22. The van der Waals surface area contributed by atoms with Crippen molar-refractivity contribution in [1.29, 1.82) is 0 Å². The summed E-state index contributed by atoms with van der Waals surface area (Å²) in [4.78, 5) is 7.18. The summed E-state index contributed by atoms with van der Waals surface area (Å²) in [5, 5.41) is 4.60. The third-order valence-corrected chi connectivity index (χ3v) is 5.81. The molecule has 1 saturated carbocycles. The van der Waals surface area contributed by atoms with Gasteiger partial charge in [-0.25, -0.2) is 4.98 Å². The number of likely N-dealkylation sites (tertiary alicyclic amines) is 1. The first-order chi connectivity index (χ1) is 11.3. The maximum atomic E-state index is 4.64. The molecule has 4 rings (SSSR count). The highest BCUT2D eigenvalue weighted by molar-refractivity contribution is 9.10. The number of rotatable bonds is 5. The van der Waals surface area contributed by atoms with Crippen LogP contribution < -0.4 is 5.32 Å². The Morgan fingerprint density at radius 3 is 2.57 bits per heavy atom. The van der Waals surface area contributed by atoms with Gasteiger partial charge in [-0.15, -0.1) is 0 Å². The van der Waals surface area contributed by atoms with Crippen molar-refractivity contribution >= 4 is 32.6 Å². The molecule has 1 aliphatic carbocycles. The standard InChI is InChI=1S/C17H21BrN4S/c18-14-5-1-12(2-6-14)11-22-9-7-15(8-10-22)19-17-20-16(21-23-17)13-3-4-13/h1-2,5-6,13,15H,3-4,7-11H2,(H,19,20,21). The summed E-state index contributed by atoms with van der Waals surface area (Å²) in [6, 6.07) is 9.19. The average molecular weight is 393 g/mol. The van der Waals surface area contributed by atoms with Gasteiger partial charge in [0.2, 0.25) is 5.13 Å². The van der Waals surface area contributed by atoms with E-state index in [-0.39, 0.29) is 0 Å². The molecule has 0 bridgehead atoms. The van der Waals surface area contributed by atoms with Gasteiger partial charge in [-0.3, -0.25) is 4.90 Å². The van der Waals surface area contributed by atoms with Crippen molar-refractivity contribution in [3.63, 3.8) is 0 Å². The van der Waals surface area contributed by atoms with E-state index in [9.17, 15) is 0 Å². The summed E-state index contributed by atoms with van der Waals surface area (Å²) >= 11 is 5.02. The predicted octanol–water partition coefficient (Wildman–Crippen LogP) is 4.25. The number of hydrogen-bond acceptors (Lipinski definition) is 5. The zero-order chi connectivity index (χ0) is 15.6. The van der Waals surface area contributed by atoms with E-state index in [2.05, 4.69) is 59.8 Å². The molecule has 6 heteroatoms. The third-order valence-electron chi connectivity index (χ3n) is 4.62. The number of nitrogens with one attached hydrogen (secondary N) is 1. The summed E-state index contributed by atoms with van der Waals surface area (Å²) in [6.45, 7) is 3.33. The molecule has 2 aromatic rings. The molecule has 2 heterocycles. The minimum atomic E-state index is 0.538. The molecule has 4 nitrogen and oxygen atoms in total. The predicted molar refractivity (Wildman–Crippen MR) is 97.9 cm³/mol. The lowest BCUT2D eigenvalue weighted by molar-refractivity contribution is 0.211. The zero-order valence-corrected chi connectivity index (χ0v) is 15.4. The van der Waals surface area contributed by atoms with Gasteiger partial charge in [-0.2, -0.15) is 4.37 Å². The van der Waals surface area contributed by atoms with Crippen LogP contribution >= 0.6 is 27.5 Å². The molecule has 0 amide bonds. The van der Waals surface area contributed by atoms with Gasteiger partial charge in [0.25, 0.3) is 0 Å². The highest BCUT2D eigenvalue weighted by atomic mass is 79.9. The van der Waals surface area contributed by atoms with Crippen molar-refractivity contribution in [2.45, 2.75) is 44.2 Å². The molecular weight excluding hydrogens is 372 g/mol. The molecule has 23 heavy (non-hydrogen) atoms. The first kappa shape index (κ1) is 15.5. The summed E-state index contributed by atoms with van der Waals surface area (Å²) < 4.78 is 5.62. The fourth-order valence-corrected chi connectivity index (χ4v) is 4.05. The van der Waals surface area contributed by atoms with E-state index in [4.69, 9.17) is 0 Å². The molecule has 1 aromatic heterocycles. The van der Waals surface area contributed by atoms with E-state index in [0.717, 1.165) is 35.1 Å². The number of anilines is 1. The Hall–Kier alpha value is -0.980. The molecule has 0 atom stereocenters. The smallest absolute Gasteiger partial charge is 0.202 e. The quantitative estimate of drug-likeness (QED) is 0.825. The molecule has 1 aromatic carbocycles. The van der Waals surface area contributed by atoms with Crippen molar-refractivity contribution in [3.8, 4) is 0 Å². The van der Waals surface area contributed by atoms with Gasteiger partial charge in [0.15, 0.2) is 0 Å². The largest absolute Gasteiger partial charge is 0.357 e. The van der Waals surface area contributed by atoms with Crippen LogP contribution in [-0.2, 0) is 6.54 Å². The van der Waals surface area contributed by atoms with Crippen molar-refractivity contribution in [1.82, 2.24) is 14.3 Å². The van der Waals surface area contributed by atoms with Gasteiger partial charge in [-0.1, -0.05) is 28.1 Å². The highest BCUT2D eigenvalue weighted by Crippen LogP contribution is 2.39. The Morgan fingerprint density at radius 1 is 1.13 bits per heavy atom. The summed E-state index contributed by atoms with van der Waals surface area (Å²) in [7, 11) is 0. The van der Waals surface area contributed by atoms with Crippen LogP contribution in [0.4, 0.5) is 5.13 Å². The van der Waals surface area contributed by atoms with Crippen LogP contribution in [0, 0.1) is 0 Å². The van der Waals surface area contributed by atoms with E-state index >= 15 is 0 Å². The van der Waals surface area contributed by atoms with Gasteiger partial charge >= 0.3 is 0 Å². The molecule has 0 spiro atoms. The number of halogens is 1. The molecule has 1 saturated heterocycles. The van der Waals surface area contributed by atoms with Crippen LogP contribution in [0.1, 0.15) is 43.0 Å². The number of benzene rings is 1. The number of piperidine rings is 1. The van der Waals surface area contributed by atoms with E-state index < -0.39 is 0 Å². The van der Waals surface area contributed by atoms with Crippen LogP contribution in [0.5, 0.6) is 0 Å². The van der Waals surface area contributed by atoms with Crippen molar-refractivity contribution in [3.05, 3.63) is 40.1 Å². The van der Waals surface area contributed by atoms with Gasteiger partial charge in [0.05, 0.1) is 0 Å². The maximum absolute atomic E-state index is 4.64. The summed E-state index contributed by atoms with van der Waals surface area (Å²) in [5.74, 6) is 1.71. The normalized spacial score (nSPS) is 19.9. The third kappa shape index (κ3) is 4.11. The molecule has 1 aliphatic heterocycles. The van der Waals surface area contributed by atoms with Gasteiger partial charge < -0.3 is 5.32 Å². The molecular formula is C17H21BrN4S. The first-order valence-corrected chi connectivity index (χ1v) is 9.90. The van der Waals surface area contributed by atoms with Gasteiger partial charge in [-0.05, 0) is 43.4 Å². The lowest BCUT2D eigenvalue weighted by atomic mass is 10.0.